The number of rotatable bonds is 7. The number of carbonyl (C=O) groups excluding carboxylic acids is 4. The lowest BCUT2D eigenvalue weighted by atomic mass is 9.62. The zero-order valence-corrected chi connectivity index (χ0v) is 25.8. The molecular formula is C26H40N12O4. The number of aliphatic imine (C=N–C) groups is 4. The van der Waals surface area contributed by atoms with Gasteiger partial charge in [-0.1, -0.05) is 20.8 Å². The maximum Gasteiger partial charge on any atom is 0.334 e. The minimum Gasteiger partial charge on any atom is -0.267 e. The molecule has 4 heterocycles. The van der Waals surface area contributed by atoms with E-state index in [9.17, 15) is 19.2 Å². The summed E-state index contributed by atoms with van der Waals surface area (Å²) < 4.78 is 0. The van der Waals surface area contributed by atoms with Gasteiger partial charge < -0.3 is 0 Å². The number of urea groups is 4. The smallest absolute Gasteiger partial charge is 0.267 e. The van der Waals surface area contributed by atoms with Crippen molar-refractivity contribution >= 4 is 48.0 Å². The summed E-state index contributed by atoms with van der Waals surface area (Å²) in [7, 11) is 9.88. The SMILES string of the molecule is CN=C1N(C)C(=O)N1CN1C(=O)N(C)C1=NCN1C(=O)N(C)C1=NCC1(C)CC(N2C(=O)N(C)C2=NC)CC(C)(C)C1. The third kappa shape index (κ3) is 4.43. The normalized spacial score (nSPS) is 31.5. The highest BCUT2D eigenvalue weighted by molar-refractivity contribution is 6.17. The number of hydrogen-bond donors (Lipinski definition) is 0. The van der Waals surface area contributed by atoms with E-state index >= 15 is 0 Å². The van der Waals surface area contributed by atoms with E-state index in [0.717, 1.165) is 19.3 Å². The Hall–Kier alpha value is -4.24. The highest BCUT2D eigenvalue weighted by Gasteiger charge is 2.51. The predicted molar refractivity (Wildman–Crippen MR) is 156 cm³/mol. The van der Waals surface area contributed by atoms with Gasteiger partial charge >= 0.3 is 24.1 Å². The largest absolute Gasteiger partial charge is 0.334 e. The van der Waals surface area contributed by atoms with Crippen LogP contribution in [0.25, 0.3) is 0 Å². The highest BCUT2D eigenvalue weighted by atomic mass is 16.2. The van der Waals surface area contributed by atoms with Crippen molar-refractivity contribution in [2.24, 2.45) is 30.8 Å². The first-order valence-electron chi connectivity index (χ1n) is 13.9. The molecule has 4 aliphatic heterocycles. The number of hydrogen-bond acceptors (Lipinski definition) is 8. The standard InChI is InChI=1S/C26H40N12O4/c1-25(2)10-16(38-18(28-5)32(7)24(38)42)11-26(3,12-25)13-29-19-33(8)21(39)35(19)14-30-20-34(9)23(41)37(20)15-36-17(27-4)31(6)22(36)40/h16H,10-15H2,1-9H3. The molecule has 0 aromatic rings. The maximum atomic E-state index is 12.7. The van der Waals surface area contributed by atoms with Crippen LogP contribution >= 0.6 is 0 Å². The molecule has 228 valence electrons. The Labute approximate surface area is 245 Å². The van der Waals surface area contributed by atoms with Crippen LogP contribution in [0.3, 0.4) is 0 Å². The van der Waals surface area contributed by atoms with Gasteiger partial charge in [-0.2, -0.15) is 0 Å². The molecule has 0 bridgehead atoms. The van der Waals surface area contributed by atoms with E-state index in [-0.39, 0.29) is 54.3 Å². The van der Waals surface area contributed by atoms with Crippen molar-refractivity contribution < 1.29 is 19.2 Å². The van der Waals surface area contributed by atoms with E-state index in [4.69, 9.17) is 4.99 Å². The number of carbonyl (C=O) groups is 4. The molecule has 0 aromatic heterocycles. The fourth-order valence-corrected chi connectivity index (χ4v) is 6.94. The minimum atomic E-state index is -0.307. The van der Waals surface area contributed by atoms with Gasteiger partial charge in [0.15, 0.2) is 0 Å². The Morgan fingerprint density at radius 3 is 1.76 bits per heavy atom. The van der Waals surface area contributed by atoms with E-state index < -0.39 is 0 Å². The molecule has 5 fully saturated rings. The zero-order valence-electron chi connectivity index (χ0n) is 25.8. The van der Waals surface area contributed by atoms with Crippen LogP contribution in [0.15, 0.2) is 20.0 Å². The molecule has 1 aliphatic carbocycles. The number of nitrogens with zero attached hydrogens (tertiary/aromatic N) is 12. The van der Waals surface area contributed by atoms with Crippen LogP contribution in [0.5, 0.6) is 0 Å². The first-order chi connectivity index (χ1) is 19.6. The van der Waals surface area contributed by atoms with Gasteiger partial charge in [-0.05, 0) is 30.1 Å². The monoisotopic (exact) mass is 584 g/mol. The van der Waals surface area contributed by atoms with Crippen molar-refractivity contribution in [3.05, 3.63) is 0 Å². The third-order valence-electron chi connectivity index (χ3n) is 8.61. The lowest BCUT2D eigenvalue weighted by Crippen LogP contribution is -2.71. The summed E-state index contributed by atoms with van der Waals surface area (Å²) in [5, 5.41) is 0. The van der Waals surface area contributed by atoms with Crippen molar-refractivity contribution in [3.63, 3.8) is 0 Å². The van der Waals surface area contributed by atoms with E-state index in [0.29, 0.717) is 30.4 Å². The van der Waals surface area contributed by atoms with Gasteiger partial charge in [-0.15, -0.1) is 0 Å². The average Bonchev–Trinajstić information content (AvgIpc) is 2.94. The molecule has 42 heavy (non-hydrogen) atoms. The Kier molecular flexibility index (Phi) is 6.93. The van der Waals surface area contributed by atoms with Gasteiger partial charge in [0.05, 0.1) is 0 Å². The average molecular weight is 585 g/mol. The van der Waals surface area contributed by atoms with Crippen LogP contribution in [0.4, 0.5) is 19.2 Å². The summed E-state index contributed by atoms with van der Waals surface area (Å²) in [6.07, 6.45) is 2.55. The first-order valence-corrected chi connectivity index (χ1v) is 13.9. The molecule has 1 saturated carbocycles. The van der Waals surface area contributed by atoms with Crippen molar-refractivity contribution in [1.29, 1.82) is 0 Å². The molecule has 2 unspecified atom stereocenters. The Balaban J connectivity index is 1.28. The van der Waals surface area contributed by atoms with Crippen molar-refractivity contribution in [2.75, 3.05) is 62.2 Å². The van der Waals surface area contributed by atoms with Gasteiger partial charge in [0.1, 0.15) is 13.3 Å². The molecule has 0 spiro atoms. The molecule has 16 nitrogen and oxygen atoms in total. The topological polar surface area (TPSA) is 144 Å². The third-order valence-corrected chi connectivity index (χ3v) is 8.61. The summed E-state index contributed by atoms with van der Waals surface area (Å²) in [6.45, 7) is 7.04. The van der Waals surface area contributed by atoms with Crippen molar-refractivity contribution in [2.45, 2.75) is 46.1 Å². The molecule has 5 rings (SSSR count). The molecule has 8 amide bonds. The van der Waals surface area contributed by atoms with E-state index in [1.165, 1.54) is 29.4 Å². The summed E-state index contributed by atoms with van der Waals surface area (Å²) in [6, 6.07) is -0.852. The summed E-state index contributed by atoms with van der Waals surface area (Å²) in [5.74, 6) is 1.99. The Bertz CT molecular complexity index is 1350. The van der Waals surface area contributed by atoms with Gasteiger partial charge in [0, 0.05) is 54.9 Å². The fraction of sp³-hybridized carbons (Fsp3) is 0.692. The summed E-state index contributed by atoms with van der Waals surface area (Å²) in [4.78, 5) is 79.8. The summed E-state index contributed by atoms with van der Waals surface area (Å²) >= 11 is 0. The molecule has 0 aromatic carbocycles. The molecule has 0 N–H and O–H groups in total. The van der Waals surface area contributed by atoms with Crippen LogP contribution in [0.1, 0.15) is 40.0 Å². The molecule has 0 radical (unpaired) electrons. The van der Waals surface area contributed by atoms with E-state index in [1.54, 1.807) is 52.1 Å². The van der Waals surface area contributed by atoms with Crippen molar-refractivity contribution in [1.82, 2.24) is 39.2 Å². The summed E-state index contributed by atoms with van der Waals surface area (Å²) in [5.41, 5.74) is -0.228. The first kappa shape index (κ1) is 29.3. The molecule has 2 atom stereocenters. The predicted octanol–water partition coefficient (Wildman–Crippen LogP) is 1.64. The van der Waals surface area contributed by atoms with Crippen LogP contribution in [-0.4, -0.2) is 155 Å². The van der Waals surface area contributed by atoms with Crippen LogP contribution in [0.2, 0.25) is 0 Å². The molecule has 4 saturated heterocycles. The van der Waals surface area contributed by atoms with Crippen LogP contribution in [-0.2, 0) is 0 Å². The number of amides is 8. The van der Waals surface area contributed by atoms with Gasteiger partial charge in [0.2, 0.25) is 23.8 Å². The quantitative estimate of drug-likeness (QED) is 0.448. The van der Waals surface area contributed by atoms with Crippen LogP contribution < -0.4 is 0 Å². The fourth-order valence-electron chi connectivity index (χ4n) is 6.94. The minimum absolute atomic E-state index is 0.0122. The second kappa shape index (κ2) is 9.94. The highest BCUT2D eigenvalue weighted by Crippen LogP contribution is 2.49. The van der Waals surface area contributed by atoms with Gasteiger partial charge in [0.25, 0.3) is 0 Å². The lowest BCUT2D eigenvalue weighted by Gasteiger charge is -2.53. The maximum absolute atomic E-state index is 12.7. The lowest BCUT2D eigenvalue weighted by molar-refractivity contribution is 0.0378. The Morgan fingerprint density at radius 2 is 1.17 bits per heavy atom. The van der Waals surface area contributed by atoms with Gasteiger partial charge in [-0.25, -0.2) is 38.9 Å². The second-order valence-electron chi connectivity index (χ2n) is 12.6. The number of guanidine groups is 4. The van der Waals surface area contributed by atoms with Crippen LogP contribution in [0, 0.1) is 10.8 Å². The second-order valence-corrected chi connectivity index (χ2v) is 12.6. The van der Waals surface area contributed by atoms with E-state index in [1.807, 2.05) is 0 Å². The molecular weight excluding hydrogens is 544 g/mol. The Morgan fingerprint density at radius 1 is 0.667 bits per heavy atom. The van der Waals surface area contributed by atoms with Crippen molar-refractivity contribution in [3.8, 4) is 0 Å². The van der Waals surface area contributed by atoms with Gasteiger partial charge in [-0.3, -0.25) is 39.5 Å². The van der Waals surface area contributed by atoms with E-state index in [2.05, 4.69) is 35.7 Å². The molecule has 5 aliphatic rings. The molecule has 16 heteroatoms. The zero-order chi connectivity index (χ0) is 30.9.